The average Bonchev–Trinajstić information content (AvgIpc) is 2.91. The molecule has 1 saturated carbocycles. The van der Waals surface area contributed by atoms with E-state index < -0.39 is 0 Å². The predicted octanol–water partition coefficient (Wildman–Crippen LogP) is 4.69. The number of carbonyl (C=O) groups is 1. The van der Waals surface area contributed by atoms with Gasteiger partial charge in [0.15, 0.2) is 4.80 Å². The van der Waals surface area contributed by atoms with Gasteiger partial charge in [-0.3, -0.25) is 9.79 Å². The van der Waals surface area contributed by atoms with Crippen LogP contribution in [0.2, 0.25) is 0 Å². The van der Waals surface area contributed by atoms with E-state index in [-0.39, 0.29) is 18.3 Å². The summed E-state index contributed by atoms with van der Waals surface area (Å²) in [5.41, 5.74) is 1.82. The number of carbonyl (C=O) groups excluding carboxylic acids is 1. The summed E-state index contributed by atoms with van der Waals surface area (Å²) < 4.78 is 3.05. The third kappa shape index (κ3) is 5.69. The molecular weight excluding hydrogens is 422 g/mol. The van der Waals surface area contributed by atoms with Crippen LogP contribution in [0.25, 0.3) is 0 Å². The number of hydrogen-bond donors (Lipinski definition) is 1. The van der Waals surface area contributed by atoms with Crippen LogP contribution in [0.1, 0.15) is 37.8 Å². The number of thiazole rings is 1. The predicted molar refractivity (Wildman–Crippen MR) is 109 cm³/mol. The molecule has 136 valence electrons. The number of halogens is 2. The first-order valence-electron chi connectivity index (χ1n) is 8.34. The van der Waals surface area contributed by atoms with Crippen molar-refractivity contribution >= 4 is 51.3 Å². The third-order valence-electron chi connectivity index (χ3n) is 4.36. The van der Waals surface area contributed by atoms with Gasteiger partial charge in [0, 0.05) is 28.3 Å². The summed E-state index contributed by atoms with van der Waals surface area (Å²) in [6.07, 6.45) is 6.65. The van der Waals surface area contributed by atoms with Crippen LogP contribution in [0, 0.1) is 0 Å². The number of anilines is 1. The van der Waals surface area contributed by atoms with Gasteiger partial charge in [0.2, 0.25) is 5.91 Å². The lowest BCUT2D eigenvalue weighted by atomic mass is 9.96. The zero-order chi connectivity index (χ0) is 16.9. The van der Waals surface area contributed by atoms with Crippen molar-refractivity contribution in [3.05, 3.63) is 44.6 Å². The number of benzene rings is 1. The van der Waals surface area contributed by atoms with Crippen LogP contribution in [0.15, 0.2) is 39.1 Å². The molecule has 7 heteroatoms. The van der Waals surface area contributed by atoms with Gasteiger partial charge in [-0.1, -0.05) is 35.2 Å². The lowest BCUT2D eigenvalue weighted by Gasteiger charge is -2.16. The average molecular weight is 445 g/mol. The molecule has 0 aliphatic heterocycles. The van der Waals surface area contributed by atoms with Crippen molar-refractivity contribution in [1.29, 1.82) is 0 Å². The van der Waals surface area contributed by atoms with E-state index in [1.54, 1.807) is 11.3 Å². The Morgan fingerprint density at radius 2 is 1.96 bits per heavy atom. The molecule has 1 fully saturated rings. The molecule has 0 radical (unpaired) electrons. The molecule has 4 nitrogen and oxygen atoms in total. The van der Waals surface area contributed by atoms with Gasteiger partial charge >= 0.3 is 0 Å². The van der Waals surface area contributed by atoms with Crippen LogP contribution in [0.5, 0.6) is 0 Å². The van der Waals surface area contributed by atoms with E-state index >= 15 is 0 Å². The van der Waals surface area contributed by atoms with Crippen molar-refractivity contribution in [2.45, 2.75) is 44.6 Å². The molecular formula is C18H23BrClN3OS. The zero-order valence-electron chi connectivity index (χ0n) is 14.2. The van der Waals surface area contributed by atoms with E-state index in [9.17, 15) is 4.79 Å². The molecule has 0 spiro atoms. The minimum absolute atomic E-state index is 0. The molecule has 1 N–H and O–H groups in total. The van der Waals surface area contributed by atoms with Crippen LogP contribution >= 0.6 is 39.7 Å². The lowest BCUT2D eigenvalue weighted by Crippen LogP contribution is -2.22. The largest absolute Gasteiger partial charge is 0.326 e. The molecule has 3 rings (SSSR count). The minimum Gasteiger partial charge on any atom is -0.326 e. The van der Waals surface area contributed by atoms with Gasteiger partial charge in [-0.15, -0.1) is 23.7 Å². The van der Waals surface area contributed by atoms with Crippen LogP contribution < -0.4 is 10.1 Å². The summed E-state index contributed by atoms with van der Waals surface area (Å²) in [5, 5.41) is 4.98. The fourth-order valence-electron chi connectivity index (χ4n) is 2.95. The molecule has 1 aromatic carbocycles. The van der Waals surface area contributed by atoms with Gasteiger partial charge in [0.05, 0.1) is 12.5 Å². The van der Waals surface area contributed by atoms with E-state index in [2.05, 4.69) is 25.8 Å². The highest BCUT2D eigenvalue weighted by Crippen LogP contribution is 2.20. The highest BCUT2D eigenvalue weighted by Gasteiger charge is 2.13. The fraction of sp³-hybridized carbons (Fsp3) is 0.444. The SMILES string of the molecule is Cl.Cn1c(CC(=O)Nc2ccc(Br)cc2)csc1=NC1CCCCC1. The monoisotopic (exact) mass is 443 g/mol. The number of amides is 1. The molecule has 1 heterocycles. The van der Waals surface area contributed by atoms with Crippen molar-refractivity contribution in [3.63, 3.8) is 0 Å². The van der Waals surface area contributed by atoms with Crippen LogP contribution in [0.3, 0.4) is 0 Å². The van der Waals surface area contributed by atoms with Gasteiger partial charge in [-0.05, 0) is 37.1 Å². The maximum atomic E-state index is 12.3. The van der Waals surface area contributed by atoms with Crippen molar-refractivity contribution in [2.75, 3.05) is 5.32 Å². The summed E-state index contributed by atoms with van der Waals surface area (Å²) in [5.74, 6) is -0.00469. The Labute approximate surface area is 166 Å². The third-order valence-corrected chi connectivity index (χ3v) is 5.86. The summed E-state index contributed by atoms with van der Waals surface area (Å²) in [6.45, 7) is 0. The fourth-order valence-corrected chi connectivity index (χ4v) is 4.18. The Morgan fingerprint density at radius 1 is 1.28 bits per heavy atom. The summed E-state index contributed by atoms with van der Waals surface area (Å²) in [7, 11) is 2.00. The van der Waals surface area contributed by atoms with Crippen molar-refractivity contribution in [1.82, 2.24) is 4.57 Å². The second kappa shape index (κ2) is 9.55. The van der Waals surface area contributed by atoms with E-state index in [1.165, 1.54) is 32.1 Å². The Kier molecular flexibility index (Phi) is 7.72. The molecule has 0 unspecified atom stereocenters. The van der Waals surface area contributed by atoms with Gasteiger partial charge < -0.3 is 9.88 Å². The molecule has 1 aliphatic carbocycles. The standard InChI is InChI=1S/C18H22BrN3OS.ClH/c1-22-16(11-17(23)20-15-9-7-13(19)8-10-15)12-24-18(22)21-14-5-3-2-4-6-14;/h7-10,12,14H,2-6,11H2,1H3,(H,20,23);1H. The van der Waals surface area contributed by atoms with Crippen LogP contribution in [0.4, 0.5) is 5.69 Å². The Bertz CT molecular complexity index is 763. The lowest BCUT2D eigenvalue weighted by molar-refractivity contribution is -0.115. The smallest absolute Gasteiger partial charge is 0.230 e. The maximum absolute atomic E-state index is 12.3. The Hall–Kier alpha value is -1.11. The first kappa shape index (κ1) is 20.2. The normalized spacial score (nSPS) is 15.7. The molecule has 1 aromatic heterocycles. The topological polar surface area (TPSA) is 46.4 Å². The highest BCUT2D eigenvalue weighted by molar-refractivity contribution is 9.10. The van der Waals surface area contributed by atoms with Gasteiger partial charge in [0.25, 0.3) is 0 Å². The van der Waals surface area contributed by atoms with Gasteiger partial charge in [-0.2, -0.15) is 0 Å². The van der Waals surface area contributed by atoms with Crippen LogP contribution in [-0.2, 0) is 18.3 Å². The summed E-state index contributed by atoms with van der Waals surface area (Å²) in [6, 6.07) is 8.06. The Balaban J connectivity index is 0.00000225. The number of nitrogens with zero attached hydrogens (tertiary/aromatic N) is 2. The van der Waals surface area contributed by atoms with E-state index in [4.69, 9.17) is 4.99 Å². The van der Waals surface area contributed by atoms with Crippen molar-refractivity contribution < 1.29 is 4.79 Å². The number of rotatable bonds is 4. The first-order chi connectivity index (χ1) is 11.6. The Morgan fingerprint density at radius 3 is 2.64 bits per heavy atom. The number of nitrogens with one attached hydrogen (secondary N) is 1. The molecule has 0 saturated heterocycles. The molecule has 25 heavy (non-hydrogen) atoms. The minimum atomic E-state index is -0.00469. The summed E-state index contributed by atoms with van der Waals surface area (Å²) in [4.78, 5) is 18.2. The van der Waals surface area contributed by atoms with E-state index in [0.717, 1.165) is 20.7 Å². The first-order valence-corrected chi connectivity index (χ1v) is 10.0. The highest BCUT2D eigenvalue weighted by atomic mass is 79.9. The van der Waals surface area contributed by atoms with Crippen molar-refractivity contribution in [2.24, 2.45) is 12.0 Å². The van der Waals surface area contributed by atoms with Crippen LogP contribution in [-0.4, -0.2) is 16.5 Å². The quantitative estimate of drug-likeness (QED) is 0.731. The van der Waals surface area contributed by atoms with E-state index in [0.29, 0.717) is 12.5 Å². The summed E-state index contributed by atoms with van der Waals surface area (Å²) >= 11 is 5.02. The van der Waals surface area contributed by atoms with E-state index in [1.807, 2.05) is 36.7 Å². The molecule has 2 aromatic rings. The molecule has 1 amide bonds. The van der Waals surface area contributed by atoms with Crippen molar-refractivity contribution in [3.8, 4) is 0 Å². The van der Waals surface area contributed by atoms with Gasteiger partial charge in [-0.25, -0.2) is 0 Å². The molecule has 1 aliphatic rings. The second-order valence-electron chi connectivity index (χ2n) is 6.22. The number of hydrogen-bond acceptors (Lipinski definition) is 3. The maximum Gasteiger partial charge on any atom is 0.230 e. The zero-order valence-corrected chi connectivity index (χ0v) is 17.4. The molecule has 0 bridgehead atoms. The van der Waals surface area contributed by atoms with Gasteiger partial charge in [0.1, 0.15) is 0 Å². The molecule has 0 atom stereocenters. The number of aromatic nitrogens is 1. The second-order valence-corrected chi connectivity index (χ2v) is 7.97.